The molecule has 0 bridgehead atoms. The summed E-state index contributed by atoms with van der Waals surface area (Å²) in [5.41, 5.74) is 1.16. The van der Waals surface area contributed by atoms with Crippen molar-refractivity contribution in [3.8, 4) is 5.75 Å². The van der Waals surface area contributed by atoms with Gasteiger partial charge in [0.05, 0.1) is 12.8 Å². The van der Waals surface area contributed by atoms with Gasteiger partial charge < -0.3 is 15.4 Å². The first kappa shape index (κ1) is 11.8. The standard InChI is InChI=1S/C13H18N2O2/c1-4-13(5-2)12(16)14-11-9(15-13)7-6-8-10(11)17-3/h6-8,15H,4-5H2,1-3H3,(H,14,16). The quantitative estimate of drug-likeness (QED) is 0.845. The zero-order chi connectivity index (χ0) is 12.5. The third-order valence-electron chi connectivity index (χ3n) is 3.50. The van der Waals surface area contributed by atoms with Crippen LogP contribution < -0.4 is 15.4 Å². The Morgan fingerprint density at radius 1 is 1.29 bits per heavy atom. The Hall–Kier alpha value is -1.71. The molecule has 2 N–H and O–H groups in total. The Balaban J connectivity index is 2.46. The second-order valence-corrected chi connectivity index (χ2v) is 4.25. The Labute approximate surface area is 101 Å². The van der Waals surface area contributed by atoms with Crippen molar-refractivity contribution in [1.82, 2.24) is 0 Å². The van der Waals surface area contributed by atoms with Gasteiger partial charge in [0, 0.05) is 0 Å². The molecule has 1 aromatic carbocycles. The summed E-state index contributed by atoms with van der Waals surface area (Å²) in [7, 11) is 1.60. The minimum Gasteiger partial charge on any atom is -0.494 e. The fourth-order valence-electron chi connectivity index (χ4n) is 2.23. The fraction of sp³-hybridized carbons (Fsp3) is 0.462. The number of amides is 1. The third kappa shape index (κ3) is 1.73. The maximum absolute atomic E-state index is 12.2. The van der Waals surface area contributed by atoms with Crippen molar-refractivity contribution < 1.29 is 9.53 Å². The molecule has 0 spiro atoms. The van der Waals surface area contributed by atoms with Crippen molar-refractivity contribution in [2.75, 3.05) is 17.7 Å². The summed E-state index contributed by atoms with van der Waals surface area (Å²) in [6, 6.07) is 5.71. The molecule has 1 aliphatic heterocycles. The van der Waals surface area contributed by atoms with Gasteiger partial charge in [-0.1, -0.05) is 19.9 Å². The SMILES string of the molecule is CCC1(CC)Nc2cccc(OC)c2NC1=O. The number of anilines is 2. The van der Waals surface area contributed by atoms with Crippen LogP contribution in [-0.4, -0.2) is 18.6 Å². The highest BCUT2D eigenvalue weighted by molar-refractivity contribution is 6.07. The van der Waals surface area contributed by atoms with Crippen LogP contribution >= 0.6 is 0 Å². The number of hydrogen-bond donors (Lipinski definition) is 2. The smallest absolute Gasteiger partial charge is 0.250 e. The van der Waals surface area contributed by atoms with Gasteiger partial charge in [-0.3, -0.25) is 4.79 Å². The molecule has 17 heavy (non-hydrogen) atoms. The summed E-state index contributed by atoms with van der Waals surface area (Å²) in [4.78, 5) is 12.2. The second-order valence-electron chi connectivity index (χ2n) is 4.25. The van der Waals surface area contributed by atoms with Gasteiger partial charge in [0.1, 0.15) is 17.0 Å². The van der Waals surface area contributed by atoms with Crippen molar-refractivity contribution in [1.29, 1.82) is 0 Å². The number of hydrogen-bond acceptors (Lipinski definition) is 3. The Kier molecular flexibility index (Phi) is 2.96. The molecule has 0 aliphatic carbocycles. The molecule has 0 atom stereocenters. The van der Waals surface area contributed by atoms with Crippen LogP contribution in [0, 0.1) is 0 Å². The molecule has 4 heteroatoms. The van der Waals surface area contributed by atoms with Gasteiger partial charge in [0.2, 0.25) is 5.91 Å². The van der Waals surface area contributed by atoms with Crippen LogP contribution in [0.3, 0.4) is 0 Å². The molecule has 1 heterocycles. The predicted octanol–water partition coefficient (Wildman–Crippen LogP) is 2.62. The highest BCUT2D eigenvalue weighted by Crippen LogP contribution is 2.39. The lowest BCUT2D eigenvalue weighted by molar-refractivity contribution is -0.120. The minimum absolute atomic E-state index is 0.0134. The molecule has 2 rings (SSSR count). The number of benzene rings is 1. The van der Waals surface area contributed by atoms with Gasteiger partial charge in [-0.25, -0.2) is 0 Å². The van der Waals surface area contributed by atoms with Crippen molar-refractivity contribution in [2.45, 2.75) is 32.2 Å². The van der Waals surface area contributed by atoms with E-state index in [0.717, 1.165) is 24.2 Å². The average molecular weight is 234 g/mol. The van der Waals surface area contributed by atoms with Crippen LogP contribution in [0.4, 0.5) is 11.4 Å². The monoisotopic (exact) mass is 234 g/mol. The van der Waals surface area contributed by atoms with E-state index in [2.05, 4.69) is 10.6 Å². The lowest BCUT2D eigenvalue weighted by atomic mass is 9.89. The first-order valence-electron chi connectivity index (χ1n) is 5.93. The van der Waals surface area contributed by atoms with Crippen LogP contribution in [0.5, 0.6) is 5.75 Å². The lowest BCUT2D eigenvalue weighted by Gasteiger charge is -2.37. The summed E-state index contributed by atoms with van der Waals surface area (Å²) in [6.07, 6.45) is 1.51. The summed E-state index contributed by atoms with van der Waals surface area (Å²) in [6.45, 7) is 4.03. The van der Waals surface area contributed by atoms with E-state index in [4.69, 9.17) is 4.74 Å². The molecular weight excluding hydrogens is 216 g/mol. The zero-order valence-corrected chi connectivity index (χ0v) is 10.5. The van der Waals surface area contributed by atoms with Crippen LogP contribution in [0.2, 0.25) is 0 Å². The summed E-state index contributed by atoms with van der Waals surface area (Å²) < 4.78 is 5.24. The molecule has 1 aromatic rings. The Morgan fingerprint density at radius 2 is 2.00 bits per heavy atom. The van der Waals surface area contributed by atoms with Gasteiger partial charge in [-0.2, -0.15) is 0 Å². The van der Waals surface area contributed by atoms with Gasteiger partial charge >= 0.3 is 0 Å². The number of carbonyl (C=O) groups excluding carboxylic acids is 1. The number of para-hydroxylation sites is 1. The highest BCUT2D eigenvalue weighted by Gasteiger charge is 2.39. The van der Waals surface area contributed by atoms with Crippen LogP contribution in [0.25, 0.3) is 0 Å². The van der Waals surface area contributed by atoms with E-state index in [0.29, 0.717) is 5.75 Å². The largest absolute Gasteiger partial charge is 0.494 e. The molecule has 0 saturated heterocycles. The molecular formula is C13H18N2O2. The lowest BCUT2D eigenvalue weighted by Crippen LogP contribution is -2.51. The van der Waals surface area contributed by atoms with Gasteiger partial charge in [0.15, 0.2) is 0 Å². The molecule has 92 valence electrons. The molecule has 0 aromatic heterocycles. The van der Waals surface area contributed by atoms with E-state index >= 15 is 0 Å². The van der Waals surface area contributed by atoms with Crippen LogP contribution in [0.1, 0.15) is 26.7 Å². The van der Waals surface area contributed by atoms with E-state index in [1.807, 2.05) is 32.0 Å². The number of ether oxygens (including phenoxy) is 1. The zero-order valence-electron chi connectivity index (χ0n) is 10.5. The first-order valence-corrected chi connectivity index (χ1v) is 5.93. The normalized spacial score (nSPS) is 16.8. The van der Waals surface area contributed by atoms with Gasteiger partial charge in [0.25, 0.3) is 0 Å². The number of nitrogens with one attached hydrogen (secondary N) is 2. The second kappa shape index (κ2) is 4.28. The summed E-state index contributed by atoms with van der Waals surface area (Å²) in [5, 5.41) is 6.29. The van der Waals surface area contributed by atoms with Gasteiger partial charge in [-0.15, -0.1) is 0 Å². The fourth-order valence-corrected chi connectivity index (χ4v) is 2.23. The van der Waals surface area contributed by atoms with Crippen molar-refractivity contribution >= 4 is 17.3 Å². The number of carbonyl (C=O) groups is 1. The van der Waals surface area contributed by atoms with Crippen molar-refractivity contribution in [2.24, 2.45) is 0 Å². The number of fused-ring (bicyclic) bond motifs is 1. The number of methoxy groups -OCH3 is 1. The van der Waals surface area contributed by atoms with E-state index in [9.17, 15) is 4.79 Å². The van der Waals surface area contributed by atoms with Crippen LogP contribution in [0.15, 0.2) is 18.2 Å². The first-order chi connectivity index (χ1) is 8.16. The molecule has 4 nitrogen and oxygen atoms in total. The summed E-state index contributed by atoms with van der Waals surface area (Å²) in [5.74, 6) is 0.698. The van der Waals surface area contributed by atoms with E-state index in [1.165, 1.54) is 0 Å². The van der Waals surface area contributed by atoms with Crippen molar-refractivity contribution in [3.63, 3.8) is 0 Å². The maximum atomic E-state index is 12.2. The van der Waals surface area contributed by atoms with Gasteiger partial charge in [-0.05, 0) is 25.0 Å². The topological polar surface area (TPSA) is 50.4 Å². The third-order valence-corrected chi connectivity index (χ3v) is 3.50. The molecule has 1 amide bonds. The van der Waals surface area contributed by atoms with E-state index in [1.54, 1.807) is 7.11 Å². The molecule has 0 saturated carbocycles. The summed E-state index contributed by atoms with van der Waals surface area (Å²) >= 11 is 0. The minimum atomic E-state index is -0.501. The Bertz CT molecular complexity index is 439. The highest BCUT2D eigenvalue weighted by atomic mass is 16.5. The number of rotatable bonds is 3. The molecule has 0 fully saturated rings. The van der Waals surface area contributed by atoms with Crippen molar-refractivity contribution in [3.05, 3.63) is 18.2 Å². The molecule has 1 aliphatic rings. The van der Waals surface area contributed by atoms with E-state index < -0.39 is 5.54 Å². The van der Waals surface area contributed by atoms with E-state index in [-0.39, 0.29) is 5.91 Å². The molecule has 0 radical (unpaired) electrons. The maximum Gasteiger partial charge on any atom is 0.250 e. The Morgan fingerprint density at radius 3 is 2.59 bits per heavy atom. The predicted molar refractivity (Wildman–Crippen MR) is 68.6 cm³/mol. The average Bonchev–Trinajstić information content (AvgIpc) is 2.37. The van der Waals surface area contributed by atoms with Crippen LogP contribution in [-0.2, 0) is 4.79 Å². The molecule has 0 unspecified atom stereocenters.